The van der Waals surface area contributed by atoms with Crippen LogP contribution in [0.25, 0.3) is 11.0 Å². The minimum absolute atomic E-state index is 0.101. The van der Waals surface area contributed by atoms with Gasteiger partial charge in [-0.15, -0.1) is 0 Å². The van der Waals surface area contributed by atoms with Gasteiger partial charge in [-0.25, -0.2) is 0 Å². The van der Waals surface area contributed by atoms with E-state index >= 15 is 0 Å². The van der Waals surface area contributed by atoms with E-state index in [4.69, 9.17) is 23.7 Å². The van der Waals surface area contributed by atoms with E-state index < -0.39 is 35.0 Å². The molecule has 42 heavy (non-hydrogen) atoms. The van der Waals surface area contributed by atoms with Crippen LogP contribution in [-0.4, -0.2) is 62.5 Å². The molecule has 7 N–H and O–H groups in total. The van der Waals surface area contributed by atoms with Crippen LogP contribution in [0.4, 0.5) is 0 Å². The summed E-state index contributed by atoms with van der Waals surface area (Å²) in [7, 11) is 0. The van der Waals surface area contributed by atoms with Gasteiger partial charge in [-0.3, -0.25) is 28.9 Å². The lowest BCUT2D eigenvalue weighted by Crippen LogP contribution is -2.44. The maximum Gasteiger partial charge on any atom is 0.316 e. The summed E-state index contributed by atoms with van der Waals surface area (Å²) in [5, 5.41) is 6.08. The number of benzene rings is 2. The monoisotopic (exact) mass is 593 g/mol. The molecule has 1 aliphatic heterocycles. The number of rotatable bonds is 14. The molecule has 0 aliphatic carbocycles. The van der Waals surface area contributed by atoms with E-state index in [1.54, 1.807) is 12.1 Å². The molecule has 1 aromatic heterocycles. The third kappa shape index (κ3) is 7.09. The molecular weight excluding hydrogens is 558 g/mol. The highest BCUT2D eigenvalue weighted by Crippen LogP contribution is 2.17. The van der Waals surface area contributed by atoms with E-state index in [2.05, 4.69) is 15.6 Å². The standard InChI is InChI=1S/C29H35N7O5S/c30-14-5-4-12-20(24(31)37)32-25(38)19-11-8-13-22-23(19)34-26(39)28(41)35(22)15-6-7-16-36-27(40)21(33-29(36)42)17-18-9-2-1-3-10-18/h1-3,8-11,13,20-21H,4-7,12,14-17,30H2,(H2,31,37)(H,32,38)(H,33,42)(H,34,39)/t20-,21?/m0/s1. The van der Waals surface area contributed by atoms with Gasteiger partial charge in [-0.05, 0) is 68.6 Å². The third-order valence-electron chi connectivity index (χ3n) is 7.25. The summed E-state index contributed by atoms with van der Waals surface area (Å²) in [5.41, 5.74) is 11.0. The molecule has 2 atom stereocenters. The molecule has 0 saturated carbocycles. The van der Waals surface area contributed by atoms with Gasteiger partial charge in [0, 0.05) is 19.5 Å². The van der Waals surface area contributed by atoms with Crippen LogP contribution in [0.3, 0.4) is 0 Å². The Balaban J connectivity index is 1.44. The highest BCUT2D eigenvalue weighted by molar-refractivity contribution is 7.80. The number of aromatic amines is 1. The summed E-state index contributed by atoms with van der Waals surface area (Å²) >= 11 is 5.39. The van der Waals surface area contributed by atoms with Gasteiger partial charge in [0.05, 0.1) is 16.6 Å². The fourth-order valence-electron chi connectivity index (χ4n) is 5.04. The van der Waals surface area contributed by atoms with Crippen LogP contribution < -0.4 is 33.2 Å². The van der Waals surface area contributed by atoms with Crippen LogP contribution in [0.5, 0.6) is 0 Å². The van der Waals surface area contributed by atoms with Crippen LogP contribution in [0, 0.1) is 0 Å². The van der Waals surface area contributed by atoms with Crippen LogP contribution >= 0.6 is 12.2 Å². The Labute approximate surface area is 247 Å². The van der Waals surface area contributed by atoms with Crippen LogP contribution in [0.15, 0.2) is 58.1 Å². The van der Waals surface area contributed by atoms with E-state index in [1.165, 1.54) is 15.5 Å². The largest absolute Gasteiger partial charge is 0.368 e. The van der Waals surface area contributed by atoms with Gasteiger partial charge >= 0.3 is 11.1 Å². The van der Waals surface area contributed by atoms with Crippen molar-refractivity contribution in [2.24, 2.45) is 11.5 Å². The fourth-order valence-corrected chi connectivity index (χ4v) is 5.36. The molecule has 12 nitrogen and oxygen atoms in total. The van der Waals surface area contributed by atoms with Gasteiger partial charge in [-0.1, -0.05) is 36.4 Å². The minimum Gasteiger partial charge on any atom is -0.368 e. The second-order valence-corrected chi connectivity index (χ2v) is 10.6. The van der Waals surface area contributed by atoms with Gasteiger partial charge in [0.25, 0.3) is 11.8 Å². The lowest BCUT2D eigenvalue weighted by atomic mass is 10.1. The molecule has 0 bridgehead atoms. The van der Waals surface area contributed by atoms with Crippen molar-refractivity contribution in [1.29, 1.82) is 0 Å². The quantitative estimate of drug-likeness (QED) is 0.102. The summed E-state index contributed by atoms with van der Waals surface area (Å²) in [6.07, 6.45) is 3.12. The van der Waals surface area contributed by atoms with E-state index in [0.717, 1.165) is 5.56 Å². The Bertz CT molecular complexity index is 1590. The van der Waals surface area contributed by atoms with Crippen molar-refractivity contribution in [3.05, 3.63) is 80.4 Å². The van der Waals surface area contributed by atoms with Crippen molar-refractivity contribution in [3.8, 4) is 0 Å². The van der Waals surface area contributed by atoms with Crippen LogP contribution in [0.1, 0.15) is 48.0 Å². The predicted octanol–water partition coefficient (Wildman–Crippen LogP) is 0.511. The number of primary amides is 1. The zero-order valence-electron chi connectivity index (χ0n) is 23.1. The number of hydrogen-bond donors (Lipinski definition) is 5. The molecule has 0 spiro atoms. The second kappa shape index (κ2) is 14.0. The van der Waals surface area contributed by atoms with Crippen molar-refractivity contribution >= 4 is 46.1 Å². The molecule has 1 aliphatic rings. The average molecular weight is 594 g/mol. The number of unbranched alkanes of at least 4 members (excludes halogenated alkanes) is 2. The number of carbonyl (C=O) groups is 3. The Hall–Kier alpha value is -4.36. The first-order chi connectivity index (χ1) is 20.2. The summed E-state index contributed by atoms with van der Waals surface area (Å²) in [6.45, 7) is 0.995. The molecule has 3 aromatic rings. The molecule has 4 rings (SSSR count). The number of carbonyl (C=O) groups excluding carboxylic acids is 3. The number of aryl methyl sites for hydroxylation is 1. The Morgan fingerprint density at radius 2 is 1.71 bits per heavy atom. The van der Waals surface area contributed by atoms with Crippen molar-refractivity contribution in [1.82, 2.24) is 25.1 Å². The number of fused-ring (bicyclic) bond motifs is 1. The summed E-state index contributed by atoms with van der Waals surface area (Å²) in [5.74, 6) is -1.38. The van der Waals surface area contributed by atoms with Crippen LogP contribution in [-0.2, 0) is 22.6 Å². The lowest BCUT2D eigenvalue weighted by molar-refractivity contribution is -0.127. The van der Waals surface area contributed by atoms with Gasteiger partial charge in [-0.2, -0.15) is 0 Å². The molecule has 0 radical (unpaired) electrons. The van der Waals surface area contributed by atoms with Crippen molar-refractivity contribution in [2.45, 2.75) is 57.2 Å². The van der Waals surface area contributed by atoms with Gasteiger partial charge < -0.3 is 31.7 Å². The van der Waals surface area contributed by atoms with Gasteiger partial charge in [0.15, 0.2) is 5.11 Å². The molecule has 3 amide bonds. The molecule has 2 aromatic carbocycles. The summed E-state index contributed by atoms with van der Waals surface area (Å²) < 4.78 is 1.32. The molecule has 222 valence electrons. The zero-order chi connectivity index (χ0) is 30.2. The number of para-hydroxylation sites is 1. The Morgan fingerprint density at radius 1 is 0.976 bits per heavy atom. The maximum absolute atomic E-state index is 13.1. The summed E-state index contributed by atoms with van der Waals surface area (Å²) in [4.78, 5) is 67.4. The first-order valence-corrected chi connectivity index (χ1v) is 14.3. The lowest BCUT2D eigenvalue weighted by Gasteiger charge is -2.17. The van der Waals surface area contributed by atoms with Gasteiger partial charge in [0.1, 0.15) is 12.1 Å². The van der Waals surface area contributed by atoms with Crippen molar-refractivity contribution in [3.63, 3.8) is 0 Å². The molecule has 1 fully saturated rings. The molecule has 13 heteroatoms. The van der Waals surface area contributed by atoms with E-state index in [1.807, 2.05) is 30.3 Å². The highest BCUT2D eigenvalue weighted by Gasteiger charge is 2.34. The van der Waals surface area contributed by atoms with Crippen molar-refractivity contribution < 1.29 is 14.4 Å². The SMILES string of the molecule is NCCCC[C@H](NC(=O)c1cccc2c1[nH]c(=O)c(=O)n2CCCCN1C(=O)C(Cc2ccccc2)NC1=S)C(N)=O. The zero-order valence-corrected chi connectivity index (χ0v) is 24.0. The van der Waals surface area contributed by atoms with E-state index in [-0.39, 0.29) is 23.5 Å². The Kier molecular flexibility index (Phi) is 10.2. The number of nitrogens with two attached hydrogens (primary N) is 2. The molecular formula is C29H35N7O5S. The topological polar surface area (TPSA) is 185 Å². The number of hydrogen-bond acceptors (Lipinski definition) is 7. The second-order valence-electron chi connectivity index (χ2n) is 10.2. The van der Waals surface area contributed by atoms with E-state index in [9.17, 15) is 24.0 Å². The highest BCUT2D eigenvalue weighted by atomic mass is 32.1. The first kappa shape index (κ1) is 30.6. The molecule has 2 heterocycles. The average Bonchev–Trinajstić information content (AvgIpc) is 3.23. The Morgan fingerprint density at radius 3 is 2.43 bits per heavy atom. The number of H-pyrrole nitrogens is 1. The van der Waals surface area contributed by atoms with Gasteiger partial charge in [0.2, 0.25) is 5.91 Å². The van der Waals surface area contributed by atoms with Crippen molar-refractivity contribution in [2.75, 3.05) is 13.1 Å². The van der Waals surface area contributed by atoms with Crippen LogP contribution in [0.2, 0.25) is 0 Å². The third-order valence-corrected chi connectivity index (χ3v) is 7.59. The predicted molar refractivity (Wildman–Crippen MR) is 163 cm³/mol. The number of amides is 3. The summed E-state index contributed by atoms with van der Waals surface area (Å²) in [6, 6.07) is 13.1. The normalized spacial score (nSPS) is 15.5. The van der Waals surface area contributed by atoms with E-state index in [0.29, 0.717) is 62.2 Å². The number of nitrogens with zero attached hydrogens (tertiary/aromatic N) is 2. The fraction of sp³-hybridized carbons (Fsp3) is 0.379. The number of thiocarbonyl (C=S) groups is 1. The number of nitrogens with one attached hydrogen (secondary N) is 3. The molecule has 1 unspecified atom stereocenters. The molecule has 1 saturated heterocycles. The number of aromatic nitrogens is 2. The maximum atomic E-state index is 13.1. The smallest absolute Gasteiger partial charge is 0.316 e. The minimum atomic E-state index is -0.905. The first-order valence-electron chi connectivity index (χ1n) is 13.9.